The number of carboxylic acids is 2. The molecule has 216 valence electrons. The molecular weight excluding hydrogens is 530 g/mol. The number of aliphatic carboxylic acids is 2. The van der Waals surface area contributed by atoms with Gasteiger partial charge >= 0.3 is 24.3 Å². The Balaban J connectivity index is 0.000000301. The van der Waals surface area contributed by atoms with Crippen molar-refractivity contribution in [2.24, 2.45) is 5.92 Å². The molecule has 3 aliphatic heterocycles. The molecule has 0 amide bonds. The van der Waals surface area contributed by atoms with E-state index in [0.29, 0.717) is 12.6 Å². The van der Waals surface area contributed by atoms with Crippen molar-refractivity contribution in [3.05, 3.63) is 30.1 Å². The number of hydrogen-bond donors (Lipinski definition) is 2. The number of ether oxygens (including phenoxy) is 3. The highest BCUT2D eigenvalue weighted by Gasteiger charge is 2.45. The molecule has 4 rings (SSSR count). The number of hydrogen-bond acceptors (Lipinski definition) is 7. The standard InChI is InChI=1S/C19H28N2O3.2C2HF3O2/c1-2-8-20-16(4-1)14-24-18-13-21(12-15-6-10-22-11-7-15)17-5-3-9-23-19(17)18;2*3-2(4,5)1(6)7/h1-2,4,8,15,17-19H,3,5-7,9-14H2;2*(H,6,7)/t17-,18+,19+;;/m1../s1. The highest BCUT2D eigenvalue weighted by Crippen LogP contribution is 2.32. The second-order valence-electron chi connectivity index (χ2n) is 8.83. The summed E-state index contributed by atoms with van der Waals surface area (Å²) in [5, 5.41) is 14.2. The van der Waals surface area contributed by atoms with E-state index < -0.39 is 24.3 Å². The minimum Gasteiger partial charge on any atom is -0.475 e. The number of rotatable bonds is 5. The van der Waals surface area contributed by atoms with Gasteiger partial charge in [-0.3, -0.25) is 9.88 Å². The Kier molecular flexibility index (Phi) is 12.2. The van der Waals surface area contributed by atoms with E-state index in [4.69, 9.17) is 34.0 Å². The summed E-state index contributed by atoms with van der Waals surface area (Å²) in [6, 6.07) is 6.50. The van der Waals surface area contributed by atoms with E-state index in [0.717, 1.165) is 44.5 Å². The van der Waals surface area contributed by atoms with Crippen LogP contribution in [-0.2, 0) is 30.4 Å². The van der Waals surface area contributed by atoms with Gasteiger partial charge in [-0.2, -0.15) is 26.3 Å². The first-order chi connectivity index (χ1) is 17.8. The van der Waals surface area contributed by atoms with Gasteiger partial charge < -0.3 is 24.4 Å². The number of aromatic nitrogens is 1. The first-order valence-corrected chi connectivity index (χ1v) is 11.8. The molecule has 0 aromatic carbocycles. The fourth-order valence-corrected chi connectivity index (χ4v) is 4.30. The van der Waals surface area contributed by atoms with Crippen LogP contribution in [0.1, 0.15) is 31.4 Å². The Morgan fingerprint density at radius 1 is 1.00 bits per heavy atom. The maximum atomic E-state index is 10.6. The van der Waals surface area contributed by atoms with Crippen molar-refractivity contribution in [2.75, 3.05) is 32.9 Å². The third-order valence-corrected chi connectivity index (χ3v) is 6.07. The van der Waals surface area contributed by atoms with Gasteiger partial charge in [-0.1, -0.05) is 6.07 Å². The molecule has 0 saturated carbocycles. The Hall–Kier alpha value is -2.49. The van der Waals surface area contributed by atoms with Gasteiger partial charge in [-0.15, -0.1) is 0 Å². The highest BCUT2D eigenvalue weighted by molar-refractivity contribution is 5.73. The lowest BCUT2D eigenvalue weighted by atomic mass is 9.97. The van der Waals surface area contributed by atoms with Crippen LogP contribution in [0.25, 0.3) is 0 Å². The molecule has 0 radical (unpaired) electrons. The molecule has 1 aromatic heterocycles. The molecule has 0 unspecified atom stereocenters. The minimum absolute atomic E-state index is 0.164. The SMILES string of the molecule is O=C(O)C(F)(F)F.O=C(O)C(F)(F)F.c1ccc(CO[C@H]2CN(CC3CCOCC3)[C@@H]3CCCO[C@H]23)nc1. The van der Waals surface area contributed by atoms with Gasteiger partial charge in [0.15, 0.2) is 0 Å². The number of fused-ring (bicyclic) bond motifs is 1. The Morgan fingerprint density at radius 2 is 1.61 bits per heavy atom. The van der Waals surface area contributed by atoms with Gasteiger partial charge in [0.2, 0.25) is 0 Å². The second-order valence-corrected chi connectivity index (χ2v) is 8.83. The van der Waals surface area contributed by atoms with Crippen molar-refractivity contribution in [2.45, 2.75) is 62.9 Å². The van der Waals surface area contributed by atoms with E-state index in [9.17, 15) is 26.3 Å². The predicted octanol–water partition coefficient (Wildman–Crippen LogP) is 3.52. The molecule has 0 spiro atoms. The quantitative estimate of drug-likeness (QED) is 0.522. The lowest BCUT2D eigenvalue weighted by Crippen LogP contribution is -2.43. The van der Waals surface area contributed by atoms with E-state index in [-0.39, 0.29) is 12.2 Å². The summed E-state index contributed by atoms with van der Waals surface area (Å²) < 4.78 is 81.3. The van der Waals surface area contributed by atoms with Gasteiger partial charge in [0, 0.05) is 45.1 Å². The fraction of sp³-hybridized carbons (Fsp3) is 0.696. The molecule has 3 fully saturated rings. The van der Waals surface area contributed by atoms with Crippen LogP contribution in [0.15, 0.2) is 24.4 Å². The lowest BCUT2D eigenvalue weighted by molar-refractivity contribution is -0.193. The molecule has 9 nitrogen and oxygen atoms in total. The van der Waals surface area contributed by atoms with Crippen molar-refractivity contribution in [1.29, 1.82) is 0 Å². The maximum Gasteiger partial charge on any atom is 0.490 e. The first-order valence-electron chi connectivity index (χ1n) is 11.8. The molecule has 15 heteroatoms. The molecule has 0 aliphatic carbocycles. The zero-order valence-corrected chi connectivity index (χ0v) is 20.3. The predicted molar refractivity (Wildman–Crippen MR) is 118 cm³/mol. The summed E-state index contributed by atoms with van der Waals surface area (Å²) in [5.41, 5.74) is 0.993. The molecule has 3 saturated heterocycles. The molecule has 1 aromatic rings. The van der Waals surface area contributed by atoms with Crippen LogP contribution < -0.4 is 0 Å². The summed E-state index contributed by atoms with van der Waals surface area (Å²) in [6.07, 6.45) is -3.18. The largest absolute Gasteiger partial charge is 0.490 e. The van der Waals surface area contributed by atoms with Gasteiger partial charge in [-0.05, 0) is 43.7 Å². The Bertz CT molecular complexity index is 842. The van der Waals surface area contributed by atoms with E-state index in [1.165, 1.54) is 25.7 Å². The molecule has 4 heterocycles. The fourth-order valence-electron chi connectivity index (χ4n) is 4.30. The number of pyridine rings is 1. The normalized spacial score (nSPS) is 24.3. The average molecular weight is 560 g/mol. The zero-order valence-electron chi connectivity index (χ0n) is 20.3. The van der Waals surface area contributed by atoms with Crippen LogP contribution in [0.4, 0.5) is 26.3 Å². The lowest BCUT2D eigenvalue weighted by Gasteiger charge is -2.34. The summed E-state index contributed by atoms with van der Waals surface area (Å²) in [4.78, 5) is 24.8. The highest BCUT2D eigenvalue weighted by atomic mass is 19.4. The summed E-state index contributed by atoms with van der Waals surface area (Å²) in [5.74, 6) is -4.75. The second kappa shape index (κ2) is 14.6. The summed E-state index contributed by atoms with van der Waals surface area (Å²) >= 11 is 0. The third kappa shape index (κ3) is 10.7. The van der Waals surface area contributed by atoms with Gasteiger partial charge in [0.05, 0.1) is 18.4 Å². The molecule has 2 N–H and O–H groups in total. The minimum atomic E-state index is -5.08. The van der Waals surface area contributed by atoms with Crippen molar-refractivity contribution in [1.82, 2.24) is 9.88 Å². The van der Waals surface area contributed by atoms with Crippen molar-refractivity contribution < 1.29 is 60.4 Å². The summed E-state index contributed by atoms with van der Waals surface area (Å²) in [6.45, 7) is 5.43. The topological polar surface area (TPSA) is 118 Å². The molecular formula is C23H30F6N2O7. The monoisotopic (exact) mass is 560 g/mol. The molecule has 0 bridgehead atoms. The molecule has 3 atom stereocenters. The van der Waals surface area contributed by atoms with E-state index in [1.54, 1.807) is 0 Å². The average Bonchev–Trinajstić information content (AvgIpc) is 3.21. The van der Waals surface area contributed by atoms with Crippen LogP contribution in [-0.4, -0.2) is 95.5 Å². The number of alkyl halides is 6. The number of halogens is 6. The number of carboxylic acid groups (broad SMARTS) is 2. The Labute approximate surface area is 214 Å². The number of carbonyl (C=O) groups is 2. The van der Waals surface area contributed by atoms with Crippen LogP contribution in [0.2, 0.25) is 0 Å². The third-order valence-electron chi connectivity index (χ3n) is 6.07. The van der Waals surface area contributed by atoms with Crippen molar-refractivity contribution in [3.8, 4) is 0 Å². The van der Waals surface area contributed by atoms with Gasteiger partial charge in [0.25, 0.3) is 0 Å². The van der Waals surface area contributed by atoms with E-state index in [2.05, 4.69) is 9.88 Å². The number of nitrogens with zero attached hydrogens (tertiary/aromatic N) is 2. The van der Waals surface area contributed by atoms with Gasteiger partial charge in [0.1, 0.15) is 6.10 Å². The first kappa shape index (κ1) is 31.7. The van der Waals surface area contributed by atoms with Crippen LogP contribution in [0.3, 0.4) is 0 Å². The smallest absolute Gasteiger partial charge is 0.475 e. The van der Waals surface area contributed by atoms with Gasteiger partial charge in [-0.25, -0.2) is 9.59 Å². The molecule has 38 heavy (non-hydrogen) atoms. The van der Waals surface area contributed by atoms with Crippen LogP contribution in [0, 0.1) is 5.92 Å². The zero-order chi connectivity index (χ0) is 28.3. The van der Waals surface area contributed by atoms with Crippen LogP contribution in [0.5, 0.6) is 0 Å². The van der Waals surface area contributed by atoms with E-state index in [1.807, 2.05) is 24.4 Å². The van der Waals surface area contributed by atoms with Crippen LogP contribution >= 0.6 is 0 Å². The summed E-state index contributed by atoms with van der Waals surface area (Å²) in [7, 11) is 0. The Morgan fingerprint density at radius 3 is 2.13 bits per heavy atom. The van der Waals surface area contributed by atoms with Crippen molar-refractivity contribution in [3.63, 3.8) is 0 Å². The van der Waals surface area contributed by atoms with E-state index >= 15 is 0 Å². The maximum absolute atomic E-state index is 10.6. The number of likely N-dealkylation sites (tertiary alicyclic amines) is 1. The molecule has 3 aliphatic rings. The van der Waals surface area contributed by atoms with Crippen molar-refractivity contribution >= 4 is 11.9 Å².